The highest BCUT2D eigenvalue weighted by Crippen LogP contribution is 2.78. The van der Waals surface area contributed by atoms with Crippen LogP contribution < -0.4 is 0 Å². The molecule has 0 amide bonds. The normalized spacial score (nSPS) is 60.5. The standard InChI is InChI=1S/C30H50O2/c1-19(2)30-16-21-20-8-9-23-26(5)12-11-24(31)25(3,4)22(26)10-13-28(23,7)27(20,6)14-15-29(21,17-30)18-32-30/h19-24,31H,8-18H2,1-7H3/t20-,21-,22+,23-,24+,26+,27-,28-,29+,30-/m1/s1. The summed E-state index contributed by atoms with van der Waals surface area (Å²) in [5.41, 5.74) is 2.07. The molecule has 1 N–H and O–H groups in total. The van der Waals surface area contributed by atoms with Crippen molar-refractivity contribution in [1.82, 2.24) is 0 Å². The average Bonchev–Trinajstić information content (AvgIpc) is 3.27. The van der Waals surface area contributed by atoms with E-state index in [1.165, 1.54) is 57.8 Å². The molecule has 6 aliphatic rings. The third-order valence-electron chi connectivity index (χ3n) is 14.2. The molecule has 0 unspecified atom stereocenters. The van der Waals surface area contributed by atoms with Crippen LogP contribution in [0.5, 0.6) is 0 Å². The lowest BCUT2D eigenvalue weighted by Gasteiger charge is -2.72. The summed E-state index contributed by atoms with van der Waals surface area (Å²) in [6.07, 6.45) is 13.2. The van der Waals surface area contributed by atoms with Gasteiger partial charge in [-0.05, 0) is 121 Å². The molecular weight excluding hydrogens is 392 g/mol. The molecule has 182 valence electrons. The zero-order valence-corrected chi connectivity index (χ0v) is 22.1. The van der Waals surface area contributed by atoms with Gasteiger partial charge in [0.2, 0.25) is 0 Å². The van der Waals surface area contributed by atoms with Crippen LogP contribution in [0.1, 0.15) is 113 Å². The second-order valence-electron chi connectivity index (χ2n) is 15.4. The van der Waals surface area contributed by atoms with Gasteiger partial charge in [0.05, 0.1) is 18.3 Å². The molecule has 6 fully saturated rings. The van der Waals surface area contributed by atoms with E-state index in [0.29, 0.717) is 33.5 Å². The minimum Gasteiger partial charge on any atom is -0.393 e. The molecule has 32 heavy (non-hydrogen) atoms. The Morgan fingerprint density at radius 3 is 2.25 bits per heavy atom. The van der Waals surface area contributed by atoms with Gasteiger partial charge in [-0.15, -0.1) is 0 Å². The Hall–Kier alpha value is -0.0800. The predicted molar refractivity (Wildman–Crippen MR) is 130 cm³/mol. The molecule has 2 nitrogen and oxygen atoms in total. The first-order valence-electron chi connectivity index (χ1n) is 14.2. The third kappa shape index (κ3) is 2.36. The largest absolute Gasteiger partial charge is 0.393 e. The van der Waals surface area contributed by atoms with Gasteiger partial charge in [-0.3, -0.25) is 0 Å². The Morgan fingerprint density at radius 1 is 0.781 bits per heavy atom. The van der Waals surface area contributed by atoms with Crippen molar-refractivity contribution in [1.29, 1.82) is 0 Å². The van der Waals surface area contributed by atoms with Crippen LogP contribution in [0.25, 0.3) is 0 Å². The number of aliphatic hydroxyl groups excluding tert-OH is 1. The highest BCUT2D eigenvalue weighted by molar-refractivity contribution is 5.22. The van der Waals surface area contributed by atoms with Gasteiger partial charge < -0.3 is 9.84 Å². The van der Waals surface area contributed by atoms with Gasteiger partial charge in [-0.2, -0.15) is 0 Å². The molecule has 1 aliphatic heterocycles. The molecule has 0 radical (unpaired) electrons. The SMILES string of the molecule is CC(C)[C@]12C[C@@H]3[C@H]4CC[C@@H]5[C@@]6(C)CC[C@H](O)C(C)(C)[C@@H]6CC[C@@]5(C)[C@]4(C)CC[C@@]3(CO1)C2. The van der Waals surface area contributed by atoms with Crippen LogP contribution in [-0.2, 0) is 4.74 Å². The second kappa shape index (κ2) is 6.37. The van der Waals surface area contributed by atoms with Crippen molar-refractivity contribution < 1.29 is 9.84 Å². The van der Waals surface area contributed by atoms with E-state index in [1.807, 2.05) is 0 Å². The van der Waals surface area contributed by atoms with Crippen LogP contribution in [0.3, 0.4) is 0 Å². The fraction of sp³-hybridized carbons (Fsp3) is 1.00. The quantitative estimate of drug-likeness (QED) is 0.464. The molecular formula is C30H50O2. The number of hydrogen-bond donors (Lipinski definition) is 1. The molecule has 0 aromatic heterocycles. The number of rotatable bonds is 1. The van der Waals surface area contributed by atoms with E-state index in [2.05, 4.69) is 48.5 Å². The first kappa shape index (κ1) is 22.4. The monoisotopic (exact) mass is 442 g/mol. The molecule has 1 heterocycles. The maximum atomic E-state index is 10.9. The molecule has 2 bridgehead atoms. The van der Waals surface area contributed by atoms with Gasteiger partial charge in [0.1, 0.15) is 0 Å². The Morgan fingerprint density at radius 2 is 1.53 bits per heavy atom. The van der Waals surface area contributed by atoms with Gasteiger partial charge in [0.25, 0.3) is 0 Å². The molecule has 5 saturated carbocycles. The summed E-state index contributed by atoms with van der Waals surface area (Å²) in [5, 5.41) is 10.9. The summed E-state index contributed by atoms with van der Waals surface area (Å²) in [5.74, 6) is 3.93. The first-order valence-corrected chi connectivity index (χ1v) is 14.2. The molecule has 0 aromatic rings. The smallest absolute Gasteiger partial charge is 0.0714 e. The maximum Gasteiger partial charge on any atom is 0.0714 e. The van der Waals surface area contributed by atoms with Crippen LogP contribution in [0.2, 0.25) is 0 Å². The number of aliphatic hydroxyl groups is 1. The zero-order valence-electron chi connectivity index (χ0n) is 22.1. The van der Waals surface area contributed by atoms with Crippen molar-refractivity contribution in [2.75, 3.05) is 6.61 Å². The number of hydrogen-bond acceptors (Lipinski definition) is 2. The van der Waals surface area contributed by atoms with Crippen molar-refractivity contribution in [3.63, 3.8) is 0 Å². The molecule has 0 aromatic carbocycles. The Balaban J connectivity index is 1.36. The predicted octanol–water partition coefficient (Wildman–Crippen LogP) is 7.24. The maximum absolute atomic E-state index is 10.9. The summed E-state index contributed by atoms with van der Waals surface area (Å²) in [6, 6.07) is 0. The van der Waals surface area contributed by atoms with E-state index in [1.54, 1.807) is 0 Å². The van der Waals surface area contributed by atoms with Crippen molar-refractivity contribution in [3.05, 3.63) is 0 Å². The summed E-state index contributed by atoms with van der Waals surface area (Å²) >= 11 is 0. The van der Waals surface area contributed by atoms with Crippen LogP contribution >= 0.6 is 0 Å². The van der Waals surface area contributed by atoms with E-state index in [4.69, 9.17) is 4.74 Å². The molecule has 5 aliphatic carbocycles. The topological polar surface area (TPSA) is 29.5 Å². The zero-order chi connectivity index (χ0) is 22.9. The summed E-state index contributed by atoms with van der Waals surface area (Å²) in [7, 11) is 0. The molecule has 1 saturated heterocycles. The summed E-state index contributed by atoms with van der Waals surface area (Å²) in [6.45, 7) is 18.8. The van der Waals surface area contributed by atoms with E-state index in [-0.39, 0.29) is 17.1 Å². The van der Waals surface area contributed by atoms with E-state index in [9.17, 15) is 5.11 Å². The highest BCUT2D eigenvalue weighted by Gasteiger charge is 2.73. The molecule has 2 heteroatoms. The fourth-order valence-corrected chi connectivity index (χ4v) is 12.1. The lowest BCUT2D eigenvalue weighted by Crippen LogP contribution is -2.66. The van der Waals surface area contributed by atoms with Gasteiger partial charge in [0, 0.05) is 0 Å². The van der Waals surface area contributed by atoms with Crippen molar-refractivity contribution in [2.24, 2.45) is 56.7 Å². The number of fused-ring (bicyclic) bond motifs is 7. The lowest BCUT2D eigenvalue weighted by molar-refractivity contribution is -0.251. The van der Waals surface area contributed by atoms with Gasteiger partial charge in [0.15, 0.2) is 0 Å². The minimum absolute atomic E-state index is 0.0638. The summed E-state index contributed by atoms with van der Waals surface area (Å²) < 4.78 is 6.60. The Bertz CT molecular complexity index is 803. The highest BCUT2D eigenvalue weighted by atomic mass is 16.5. The van der Waals surface area contributed by atoms with Crippen LogP contribution in [0.15, 0.2) is 0 Å². The van der Waals surface area contributed by atoms with Crippen molar-refractivity contribution in [2.45, 2.75) is 124 Å². The Labute approximate surface area is 197 Å². The van der Waals surface area contributed by atoms with Gasteiger partial charge >= 0.3 is 0 Å². The van der Waals surface area contributed by atoms with Gasteiger partial charge in [-0.1, -0.05) is 48.5 Å². The van der Waals surface area contributed by atoms with Crippen molar-refractivity contribution >= 4 is 0 Å². The molecule has 1 spiro atoms. The fourth-order valence-electron chi connectivity index (χ4n) is 12.1. The van der Waals surface area contributed by atoms with Crippen molar-refractivity contribution in [3.8, 4) is 0 Å². The van der Waals surface area contributed by atoms with Crippen LogP contribution in [-0.4, -0.2) is 23.4 Å². The van der Waals surface area contributed by atoms with E-state index in [0.717, 1.165) is 30.8 Å². The number of ether oxygens (including phenoxy) is 1. The second-order valence-corrected chi connectivity index (χ2v) is 15.4. The van der Waals surface area contributed by atoms with E-state index < -0.39 is 0 Å². The third-order valence-corrected chi connectivity index (χ3v) is 14.2. The van der Waals surface area contributed by atoms with Gasteiger partial charge in [-0.25, -0.2) is 0 Å². The molecule has 6 rings (SSSR count). The minimum atomic E-state index is -0.118. The average molecular weight is 443 g/mol. The lowest BCUT2D eigenvalue weighted by atomic mass is 9.32. The molecule has 10 atom stereocenters. The van der Waals surface area contributed by atoms with Crippen LogP contribution in [0, 0.1) is 56.7 Å². The van der Waals surface area contributed by atoms with E-state index >= 15 is 0 Å². The van der Waals surface area contributed by atoms with Crippen LogP contribution in [0.4, 0.5) is 0 Å². The summed E-state index contributed by atoms with van der Waals surface area (Å²) in [4.78, 5) is 0. The first-order chi connectivity index (χ1) is 14.8. The Kier molecular flexibility index (Phi) is 4.46.